The summed E-state index contributed by atoms with van der Waals surface area (Å²) in [4.78, 5) is 19.3. The van der Waals surface area contributed by atoms with Gasteiger partial charge >= 0.3 is 0 Å². The number of sulfonamides is 1. The molecule has 0 aliphatic carbocycles. The Morgan fingerprint density at radius 2 is 2.13 bits per heavy atom. The molecule has 0 saturated heterocycles. The first kappa shape index (κ1) is 20.3. The Labute approximate surface area is 177 Å². The Morgan fingerprint density at radius 3 is 2.83 bits per heavy atom. The van der Waals surface area contributed by atoms with Crippen LogP contribution in [0.15, 0.2) is 29.7 Å². The highest BCUT2D eigenvalue weighted by Gasteiger charge is 2.32. The lowest BCUT2D eigenvalue weighted by Gasteiger charge is -2.27. The van der Waals surface area contributed by atoms with Crippen molar-refractivity contribution in [3.63, 3.8) is 0 Å². The molecule has 0 unspecified atom stereocenters. The first-order chi connectivity index (χ1) is 14.4. The number of rotatable bonds is 5. The standard InChI is InChI=1S/C18H19N7O3S2/c1-4-28-24-13-7-9-25(30(3,26)27)17-14(13)21-16(22-23-17)15-11(2)20-18(29-15)12-6-5-8-19-10-12/h5-6,8,10H,4,7,9H2,1-3H3/b24-13+. The van der Waals surface area contributed by atoms with E-state index in [1.807, 2.05) is 26.0 Å². The molecule has 156 valence electrons. The van der Waals surface area contributed by atoms with Gasteiger partial charge < -0.3 is 4.84 Å². The van der Waals surface area contributed by atoms with Crippen LogP contribution >= 0.6 is 11.3 Å². The number of hydrogen-bond acceptors (Lipinski definition) is 10. The van der Waals surface area contributed by atoms with Crippen molar-refractivity contribution in [1.82, 2.24) is 25.1 Å². The van der Waals surface area contributed by atoms with E-state index in [1.54, 1.807) is 12.4 Å². The number of hydrogen-bond donors (Lipinski definition) is 0. The number of thiazole rings is 1. The number of nitrogens with zero attached hydrogens (tertiary/aromatic N) is 7. The highest BCUT2D eigenvalue weighted by molar-refractivity contribution is 7.92. The highest BCUT2D eigenvalue weighted by Crippen LogP contribution is 2.34. The summed E-state index contributed by atoms with van der Waals surface area (Å²) in [5.41, 5.74) is 2.53. The van der Waals surface area contributed by atoms with E-state index in [2.05, 4.69) is 30.3 Å². The first-order valence-corrected chi connectivity index (χ1v) is 11.8. The highest BCUT2D eigenvalue weighted by atomic mass is 32.2. The lowest BCUT2D eigenvalue weighted by atomic mass is 10.1. The van der Waals surface area contributed by atoms with Gasteiger partial charge in [0.15, 0.2) is 11.6 Å². The zero-order valence-electron chi connectivity index (χ0n) is 16.6. The summed E-state index contributed by atoms with van der Waals surface area (Å²) >= 11 is 1.42. The Bertz CT molecular complexity index is 1210. The Morgan fingerprint density at radius 1 is 1.30 bits per heavy atom. The molecule has 0 aromatic carbocycles. The summed E-state index contributed by atoms with van der Waals surface area (Å²) in [5.74, 6) is 0.513. The fourth-order valence-electron chi connectivity index (χ4n) is 2.98. The fourth-order valence-corrected chi connectivity index (χ4v) is 4.83. The first-order valence-electron chi connectivity index (χ1n) is 9.18. The summed E-state index contributed by atoms with van der Waals surface area (Å²) < 4.78 is 25.6. The van der Waals surface area contributed by atoms with Gasteiger partial charge in [0.2, 0.25) is 10.0 Å². The lowest BCUT2D eigenvalue weighted by molar-refractivity contribution is 0.158. The molecule has 12 heteroatoms. The Balaban J connectivity index is 1.81. The van der Waals surface area contributed by atoms with Crippen molar-refractivity contribution in [2.45, 2.75) is 20.3 Å². The predicted molar refractivity (Wildman–Crippen MR) is 114 cm³/mol. The van der Waals surface area contributed by atoms with Gasteiger partial charge in [-0.3, -0.25) is 9.29 Å². The van der Waals surface area contributed by atoms with Crippen LogP contribution in [0.4, 0.5) is 5.82 Å². The van der Waals surface area contributed by atoms with Crippen molar-refractivity contribution in [3.8, 4) is 21.3 Å². The topological polar surface area (TPSA) is 123 Å². The maximum Gasteiger partial charge on any atom is 0.233 e. The van der Waals surface area contributed by atoms with Gasteiger partial charge in [-0.05, 0) is 26.0 Å². The van der Waals surface area contributed by atoms with Gasteiger partial charge in [-0.25, -0.2) is 18.4 Å². The van der Waals surface area contributed by atoms with Crippen LogP contribution < -0.4 is 4.31 Å². The second-order valence-electron chi connectivity index (χ2n) is 6.52. The monoisotopic (exact) mass is 445 g/mol. The van der Waals surface area contributed by atoms with E-state index in [-0.39, 0.29) is 12.4 Å². The van der Waals surface area contributed by atoms with Gasteiger partial charge in [0.25, 0.3) is 0 Å². The number of pyridine rings is 1. The van der Waals surface area contributed by atoms with Crippen molar-refractivity contribution in [1.29, 1.82) is 0 Å². The molecule has 3 aromatic heterocycles. The molecule has 0 N–H and O–H groups in total. The summed E-state index contributed by atoms with van der Waals surface area (Å²) in [6, 6.07) is 3.77. The van der Waals surface area contributed by atoms with Crippen molar-refractivity contribution >= 4 is 32.9 Å². The zero-order chi connectivity index (χ0) is 21.3. The van der Waals surface area contributed by atoms with E-state index in [1.165, 1.54) is 15.6 Å². The van der Waals surface area contributed by atoms with Crippen LogP contribution in [0.5, 0.6) is 0 Å². The van der Waals surface area contributed by atoms with Crippen molar-refractivity contribution in [2.24, 2.45) is 5.16 Å². The quantitative estimate of drug-likeness (QED) is 0.548. The molecule has 30 heavy (non-hydrogen) atoms. The third-order valence-electron chi connectivity index (χ3n) is 4.34. The normalized spacial score (nSPS) is 15.3. The second-order valence-corrected chi connectivity index (χ2v) is 9.43. The molecule has 4 rings (SSSR count). The maximum absolute atomic E-state index is 12.2. The molecule has 4 heterocycles. The number of aryl methyl sites for hydroxylation is 1. The van der Waals surface area contributed by atoms with Crippen molar-refractivity contribution in [3.05, 3.63) is 35.9 Å². The number of anilines is 1. The van der Waals surface area contributed by atoms with Gasteiger partial charge in [0.1, 0.15) is 23.0 Å². The van der Waals surface area contributed by atoms with Gasteiger partial charge in [-0.15, -0.1) is 21.5 Å². The minimum absolute atomic E-state index is 0.153. The predicted octanol–water partition coefficient (Wildman–Crippen LogP) is 2.28. The Hall–Kier alpha value is -2.99. The smallest absolute Gasteiger partial charge is 0.233 e. The van der Waals surface area contributed by atoms with E-state index in [9.17, 15) is 8.42 Å². The van der Waals surface area contributed by atoms with Crippen LogP contribution in [-0.2, 0) is 14.9 Å². The summed E-state index contributed by atoms with van der Waals surface area (Å²) in [6.07, 6.45) is 4.93. The molecule has 1 aliphatic heterocycles. The van der Waals surface area contributed by atoms with E-state index in [4.69, 9.17) is 4.84 Å². The number of oxime groups is 1. The SMILES string of the molecule is CCO/N=C1\CCN(S(C)(=O)=O)c2nnc(-c3sc(-c4cccnc4)nc3C)nc21. The molecule has 0 fully saturated rings. The van der Waals surface area contributed by atoms with E-state index >= 15 is 0 Å². The van der Waals surface area contributed by atoms with Crippen LogP contribution in [0.2, 0.25) is 0 Å². The number of fused-ring (bicyclic) bond motifs is 1. The molecular weight excluding hydrogens is 426 g/mol. The molecule has 0 radical (unpaired) electrons. The summed E-state index contributed by atoms with van der Waals surface area (Å²) in [5, 5.41) is 13.3. The van der Waals surface area contributed by atoms with Gasteiger partial charge in [0.05, 0.1) is 16.8 Å². The molecule has 0 amide bonds. The van der Waals surface area contributed by atoms with Gasteiger partial charge in [0, 0.05) is 30.9 Å². The van der Waals surface area contributed by atoms with Gasteiger partial charge in [-0.2, -0.15) is 0 Å². The van der Waals surface area contributed by atoms with E-state index < -0.39 is 10.0 Å². The molecule has 0 spiro atoms. The molecule has 3 aromatic rings. The minimum atomic E-state index is -3.52. The van der Waals surface area contributed by atoms with Crippen LogP contribution in [0, 0.1) is 6.92 Å². The van der Waals surface area contributed by atoms with Crippen LogP contribution in [0.3, 0.4) is 0 Å². The fraction of sp³-hybridized carbons (Fsp3) is 0.333. The second kappa shape index (κ2) is 8.03. The van der Waals surface area contributed by atoms with Crippen LogP contribution in [0.25, 0.3) is 21.3 Å². The molecule has 0 bridgehead atoms. The summed E-state index contributed by atoms with van der Waals surface area (Å²) in [7, 11) is -3.52. The third kappa shape index (κ3) is 3.87. The van der Waals surface area contributed by atoms with Crippen LogP contribution in [0.1, 0.15) is 24.7 Å². The molecule has 0 saturated carbocycles. The third-order valence-corrected chi connectivity index (χ3v) is 6.70. The average Bonchev–Trinajstić information content (AvgIpc) is 3.13. The molecular formula is C18H19N7O3S2. The van der Waals surface area contributed by atoms with Crippen molar-refractivity contribution in [2.75, 3.05) is 23.7 Å². The largest absolute Gasteiger partial charge is 0.396 e. The number of aromatic nitrogens is 5. The van der Waals surface area contributed by atoms with Gasteiger partial charge in [-0.1, -0.05) is 5.16 Å². The lowest BCUT2D eigenvalue weighted by Crippen LogP contribution is -2.38. The minimum Gasteiger partial charge on any atom is -0.396 e. The van der Waals surface area contributed by atoms with E-state index in [0.717, 1.165) is 27.4 Å². The average molecular weight is 446 g/mol. The van der Waals surface area contributed by atoms with Crippen molar-refractivity contribution < 1.29 is 13.3 Å². The van der Waals surface area contributed by atoms with E-state index in [0.29, 0.717) is 30.3 Å². The van der Waals surface area contributed by atoms with Crippen LogP contribution in [-0.4, -0.2) is 58.7 Å². The Kier molecular flexibility index (Phi) is 5.43. The maximum atomic E-state index is 12.2. The zero-order valence-corrected chi connectivity index (χ0v) is 18.2. The molecule has 10 nitrogen and oxygen atoms in total. The molecule has 1 aliphatic rings. The summed E-state index contributed by atoms with van der Waals surface area (Å²) in [6.45, 7) is 4.29. The molecule has 0 atom stereocenters.